The monoisotopic (exact) mass is 251 g/mol. The molecule has 2 saturated carbocycles. The Balaban J connectivity index is 1.61. The van der Waals surface area contributed by atoms with E-state index in [4.69, 9.17) is 10.5 Å². The van der Waals surface area contributed by atoms with Crippen LogP contribution >= 0.6 is 0 Å². The van der Waals surface area contributed by atoms with Crippen LogP contribution in [0.3, 0.4) is 0 Å². The summed E-state index contributed by atoms with van der Waals surface area (Å²) in [5.41, 5.74) is 6.79. The molecule has 0 radical (unpaired) electrons. The summed E-state index contributed by atoms with van der Waals surface area (Å²) in [4.78, 5) is 0. The second kappa shape index (κ2) is 5.13. The van der Waals surface area contributed by atoms with Gasteiger partial charge in [-0.3, -0.25) is 0 Å². The van der Waals surface area contributed by atoms with Crippen LogP contribution in [0, 0.1) is 17.8 Å². The zero-order chi connectivity index (χ0) is 12.6. The van der Waals surface area contributed by atoms with Gasteiger partial charge in [-0.2, -0.15) is 0 Å². The minimum absolute atomic E-state index is 0.224. The Morgan fingerprint density at radius 2 is 1.78 bits per heavy atom. The van der Waals surface area contributed by atoms with Crippen LogP contribution in [0.25, 0.3) is 0 Å². The lowest BCUT2D eigenvalue weighted by Crippen LogP contribution is -2.48. The Kier molecular flexibility index (Phi) is 3.68. The molecule has 3 aliphatic rings. The molecule has 0 aromatic carbocycles. The fourth-order valence-electron chi connectivity index (χ4n) is 4.30. The first kappa shape index (κ1) is 12.9. The van der Waals surface area contributed by atoms with Gasteiger partial charge in [-0.1, -0.05) is 26.2 Å². The standard InChI is InChI=1S/C16H29NO/c1-12(13-5-6-13)15(17)14-7-10-18-16(11-14)8-3-2-4-9-16/h12-15H,2-11,17H2,1H3. The van der Waals surface area contributed by atoms with Crippen LogP contribution in [-0.2, 0) is 4.74 Å². The number of rotatable bonds is 3. The molecule has 3 fully saturated rings. The predicted octanol–water partition coefficient (Wildman–Crippen LogP) is 3.49. The van der Waals surface area contributed by atoms with Crippen molar-refractivity contribution in [1.82, 2.24) is 0 Å². The van der Waals surface area contributed by atoms with Crippen molar-refractivity contribution in [3.63, 3.8) is 0 Å². The van der Waals surface area contributed by atoms with Gasteiger partial charge in [0, 0.05) is 12.6 Å². The van der Waals surface area contributed by atoms with Crippen molar-refractivity contribution in [2.24, 2.45) is 23.5 Å². The summed E-state index contributed by atoms with van der Waals surface area (Å²) in [6.45, 7) is 3.33. The normalized spacial score (nSPS) is 35.3. The highest BCUT2D eigenvalue weighted by Gasteiger charge is 2.43. The molecule has 3 rings (SSSR count). The van der Waals surface area contributed by atoms with Gasteiger partial charge in [0.05, 0.1) is 5.60 Å². The van der Waals surface area contributed by atoms with Crippen LogP contribution in [0.1, 0.15) is 64.7 Å². The summed E-state index contributed by atoms with van der Waals surface area (Å²) in [5, 5.41) is 0. The lowest BCUT2D eigenvalue weighted by Gasteiger charge is -2.46. The maximum atomic E-state index is 6.57. The molecule has 1 spiro atoms. The number of ether oxygens (including phenoxy) is 1. The van der Waals surface area contributed by atoms with Crippen molar-refractivity contribution in [2.45, 2.75) is 76.4 Å². The number of hydrogen-bond acceptors (Lipinski definition) is 2. The van der Waals surface area contributed by atoms with Crippen LogP contribution in [0.5, 0.6) is 0 Å². The first-order chi connectivity index (χ1) is 8.70. The fraction of sp³-hybridized carbons (Fsp3) is 1.00. The molecule has 3 atom stereocenters. The molecule has 2 heteroatoms. The van der Waals surface area contributed by atoms with Gasteiger partial charge >= 0.3 is 0 Å². The van der Waals surface area contributed by atoms with Crippen molar-refractivity contribution in [2.75, 3.05) is 6.61 Å². The predicted molar refractivity (Wildman–Crippen MR) is 74.4 cm³/mol. The smallest absolute Gasteiger partial charge is 0.0685 e. The summed E-state index contributed by atoms with van der Waals surface area (Å²) in [5.74, 6) is 2.38. The average molecular weight is 251 g/mol. The number of nitrogens with two attached hydrogens (primary N) is 1. The molecule has 2 nitrogen and oxygen atoms in total. The third kappa shape index (κ3) is 2.60. The molecule has 104 valence electrons. The summed E-state index contributed by atoms with van der Waals surface area (Å²) in [6, 6.07) is 0.417. The molecule has 0 bridgehead atoms. The third-order valence-electron chi connectivity index (χ3n) is 5.81. The van der Waals surface area contributed by atoms with Gasteiger partial charge in [-0.25, -0.2) is 0 Å². The Hall–Kier alpha value is -0.0800. The lowest BCUT2D eigenvalue weighted by molar-refractivity contribution is -0.122. The van der Waals surface area contributed by atoms with E-state index in [2.05, 4.69) is 6.92 Å². The zero-order valence-corrected chi connectivity index (χ0v) is 11.9. The molecule has 1 heterocycles. The van der Waals surface area contributed by atoms with Gasteiger partial charge in [0.2, 0.25) is 0 Å². The highest BCUT2D eigenvalue weighted by molar-refractivity contribution is 4.95. The van der Waals surface area contributed by atoms with E-state index in [-0.39, 0.29) is 5.60 Å². The van der Waals surface area contributed by atoms with Crippen molar-refractivity contribution in [3.05, 3.63) is 0 Å². The third-order valence-corrected chi connectivity index (χ3v) is 5.81. The van der Waals surface area contributed by atoms with E-state index < -0.39 is 0 Å². The lowest BCUT2D eigenvalue weighted by atomic mass is 9.72. The molecule has 0 aromatic heterocycles. The summed E-state index contributed by atoms with van der Waals surface area (Å²) < 4.78 is 6.19. The second-order valence-electron chi connectivity index (χ2n) is 7.12. The largest absolute Gasteiger partial charge is 0.375 e. The van der Waals surface area contributed by atoms with E-state index in [9.17, 15) is 0 Å². The Bertz CT molecular complexity index is 275. The van der Waals surface area contributed by atoms with E-state index in [1.54, 1.807) is 0 Å². The quantitative estimate of drug-likeness (QED) is 0.833. The maximum absolute atomic E-state index is 6.57. The Morgan fingerprint density at radius 3 is 2.44 bits per heavy atom. The van der Waals surface area contributed by atoms with Crippen molar-refractivity contribution in [3.8, 4) is 0 Å². The van der Waals surface area contributed by atoms with Gasteiger partial charge < -0.3 is 10.5 Å². The Labute approximate surface area is 112 Å². The molecule has 3 unspecified atom stereocenters. The van der Waals surface area contributed by atoms with Crippen LogP contribution < -0.4 is 5.73 Å². The molecular weight excluding hydrogens is 222 g/mol. The van der Waals surface area contributed by atoms with Gasteiger partial charge in [0.25, 0.3) is 0 Å². The van der Waals surface area contributed by atoms with Crippen LogP contribution in [0.2, 0.25) is 0 Å². The van der Waals surface area contributed by atoms with E-state index in [1.165, 1.54) is 57.8 Å². The minimum Gasteiger partial charge on any atom is -0.375 e. The highest BCUT2D eigenvalue weighted by Crippen LogP contribution is 2.45. The molecule has 2 aliphatic carbocycles. The molecule has 2 N–H and O–H groups in total. The van der Waals surface area contributed by atoms with E-state index in [0.29, 0.717) is 12.0 Å². The van der Waals surface area contributed by atoms with Crippen molar-refractivity contribution in [1.29, 1.82) is 0 Å². The summed E-state index contributed by atoms with van der Waals surface area (Å²) in [6.07, 6.45) is 12.0. The van der Waals surface area contributed by atoms with Crippen LogP contribution in [0.15, 0.2) is 0 Å². The fourth-order valence-corrected chi connectivity index (χ4v) is 4.30. The SMILES string of the molecule is CC(C1CC1)C(N)C1CCOC2(CCCCC2)C1. The average Bonchev–Trinajstić information content (AvgIpc) is 3.22. The number of hydrogen-bond donors (Lipinski definition) is 1. The van der Waals surface area contributed by atoms with Crippen molar-refractivity contribution >= 4 is 0 Å². The van der Waals surface area contributed by atoms with E-state index in [0.717, 1.165) is 18.4 Å². The molecular formula is C16H29NO. The van der Waals surface area contributed by atoms with Gasteiger partial charge in [0.15, 0.2) is 0 Å². The first-order valence-electron chi connectivity index (χ1n) is 8.10. The molecule has 0 amide bonds. The van der Waals surface area contributed by atoms with E-state index >= 15 is 0 Å². The maximum Gasteiger partial charge on any atom is 0.0685 e. The molecule has 1 aliphatic heterocycles. The second-order valence-corrected chi connectivity index (χ2v) is 7.12. The minimum atomic E-state index is 0.224. The topological polar surface area (TPSA) is 35.2 Å². The van der Waals surface area contributed by atoms with E-state index in [1.807, 2.05) is 0 Å². The van der Waals surface area contributed by atoms with Crippen molar-refractivity contribution < 1.29 is 4.74 Å². The summed E-state index contributed by atoms with van der Waals surface area (Å²) >= 11 is 0. The van der Waals surface area contributed by atoms with Gasteiger partial charge in [-0.05, 0) is 56.3 Å². The summed E-state index contributed by atoms with van der Waals surface area (Å²) in [7, 11) is 0. The van der Waals surface area contributed by atoms with Crippen LogP contribution in [0.4, 0.5) is 0 Å². The Morgan fingerprint density at radius 1 is 1.06 bits per heavy atom. The van der Waals surface area contributed by atoms with Gasteiger partial charge in [0.1, 0.15) is 0 Å². The highest BCUT2D eigenvalue weighted by atomic mass is 16.5. The van der Waals surface area contributed by atoms with Crippen LogP contribution in [-0.4, -0.2) is 18.2 Å². The zero-order valence-electron chi connectivity index (χ0n) is 11.9. The molecule has 0 aromatic rings. The molecule has 1 saturated heterocycles. The molecule has 18 heavy (non-hydrogen) atoms. The first-order valence-corrected chi connectivity index (χ1v) is 8.10. The van der Waals surface area contributed by atoms with Gasteiger partial charge in [-0.15, -0.1) is 0 Å².